The number of aromatic nitrogens is 3. The van der Waals surface area contributed by atoms with Gasteiger partial charge in [-0.3, -0.25) is 9.36 Å². The van der Waals surface area contributed by atoms with Crippen LogP contribution >= 0.6 is 11.5 Å². The summed E-state index contributed by atoms with van der Waals surface area (Å²) in [7, 11) is 0.965. The van der Waals surface area contributed by atoms with Gasteiger partial charge >= 0.3 is 11.9 Å². The summed E-state index contributed by atoms with van der Waals surface area (Å²) in [6.07, 6.45) is -4.25. The Bertz CT molecular complexity index is 1230. The summed E-state index contributed by atoms with van der Waals surface area (Å²) in [4.78, 5) is 24.8. The molecule has 11 heteroatoms. The van der Waals surface area contributed by atoms with Crippen LogP contribution < -0.4 is 11.2 Å². The van der Waals surface area contributed by atoms with Crippen LogP contribution in [0.3, 0.4) is 0 Å². The Hall–Kier alpha value is -2.76. The first-order chi connectivity index (χ1) is 13.7. The summed E-state index contributed by atoms with van der Waals surface area (Å²) in [5.41, 5.74) is -2.91. The van der Waals surface area contributed by atoms with Gasteiger partial charge in [0.1, 0.15) is 17.5 Å². The van der Waals surface area contributed by atoms with Crippen molar-refractivity contribution in [1.82, 2.24) is 13.5 Å². The van der Waals surface area contributed by atoms with Crippen molar-refractivity contribution in [3.63, 3.8) is 0 Å². The number of ether oxygens (including phenoxy) is 2. The number of hydrogen-bond donors (Lipinski definition) is 0. The Morgan fingerprint density at radius 2 is 2.07 bits per heavy atom. The molecule has 2 atom stereocenters. The lowest BCUT2D eigenvalue weighted by molar-refractivity contribution is -0.144. The maximum Gasteiger partial charge on any atom is 0.431 e. The minimum Gasteiger partial charge on any atom is -0.344 e. The summed E-state index contributed by atoms with van der Waals surface area (Å²) < 4.78 is 56.5. The second kappa shape index (κ2) is 6.94. The molecule has 3 heterocycles. The van der Waals surface area contributed by atoms with Gasteiger partial charge in [-0.25, -0.2) is 9.36 Å². The molecule has 7 nitrogen and oxygen atoms in total. The van der Waals surface area contributed by atoms with Gasteiger partial charge in [0.2, 0.25) is 6.29 Å². The summed E-state index contributed by atoms with van der Waals surface area (Å²) >= 11 is 1.18. The molecule has 1 saturated heterocycles. The van der Waals surface area contributed by atoms with Crippen LogP contribution in [0.2, 0.25) is 0 Å². The van der Waals surface area contributed by atoms with Crippen LogP contribution in [-0.2, 0) is 22.7 Å². The number of fused-ring (bicyclic) bond motifs is 1. The summed E-state index contributed by atoms with van der Waals surface area (Å²) in [6.45, 7) is 3.96. The van der Waals surface area contributed by atoms with Gasteiger partial charge in [0.25, 0.3) is 5.56 Å². The van der Waals surface area contributed by atoms with E-state index in [0.717, 1.165) is 11.7 Å². The van der Waals surface area contributed by atoms with Crippen molar-refractivity contribution in [1.29, 1.82) is 0 Å². The van der Waals surface area contributed by atoms with E-state index in [1.54, 1.807) is 12.1 Å². The van der Waals surface area contributed by atoms with Gasteiger partial charge in [0.15, 0.2) is 0 Å². The lowest BCUT2D eigenvalue weighted by Crippen LogP contribution is -2.40. The highest BCUT2D eigenvalue weighted by molar-refractivity contribution is 7.13. The molecular weight excluding hydrogens is 411 g/mol. The molecule has 4 rings (SSSR count). The molecule has 1 fully saturated rings. The van der Waals surface area contributed by atoms with Crippen LogP contribution in [0.25, 0.3) is 15.8 Å². The van der Waals surface area contributed by atoms with Crippen molar-refractivity contribution < 1.29 is 22.6 Å². The predicted molar refractivity (Wildman–Crippen MR) is 99.2 cm³/mol. The largest absolute Gasteiger partial charge is 0.431 e. The van der Waals surface area contributed by atoms with Gasteiger partial charge in [-0.1, -0.05) is 6.08 Å². The van der Waals surface area contributed by atoms with Crippen molar-refractivity contribution in [2.45, 2.75) is 18.6 Å². The molecule has 1 aromatic carbocycles. The number of hydrogen-bond acceptors (Lipinski definition) is 6. The monoisotopic (exact) mass is 425 g/mol. The zero-order valence-corrected chi connectivity index (χ0v) is 15.8. The van der Waals surface area contributed by atoms with Crippen molar-refractivity contribution in [2.75, 3.05) is 6.61 Å². The van der Waals surface area contributed by atoms with E-state index in [1.807, 2.05) is 0 Å². The zero-order chi connectivity index (χ0) is 20.9. The molecule has 0 aliphatic carbocycles. The Morgan fingerprint density at radius 3 is 2.72 bits per heavy atom. The van der Waals surface area contributed by atoms with Crippen molar-refractivity contribution in [3.8, 4) is 5.69 Å². The highest BCUT2D eigenvalue weighted by atomic mass is 32.1. The molecule has 0 amide bonds. The normalized spacial score (nSPS) is 19.7. The zero-order valence-electron chi connectivity index (χ0n) is 15.0. The van der Waals surface area contributed by atoms with Gasteiger partial charge in [0.05, 0.1) is 17.0 Å². The third-order valence-corrected chi connectivity index (χ3v) is 5.39. The number of benzene rings is 1. The maximum absolute atomic E-state index is 13.0. The van der Waals surface area contributed by atoms with E-state index in [0.29, 0.717) is 32.9 Å². The average molecular weight is 425 g/mol. The number of alkyl halides is 3. The van der Waals surface area contributed by atoms with Crippen molar-refractivity contribution in [3.05, 3.63) is 69.1 Å². The molecule has 29 heavy (non-hydrogen) atoms. The molecule has 0 bridgehead atoms. The summed E-state index contributed by atoms with van der Waals surface area (Å²) in [5, 5.41) is 0.580. The minimum atomic E-state index is -4.82. The second-order valence-corrected chi connectivity index (χ2v) is 7.17. The van der Waals surface area contributed by atoms with Crippen LogP contribution in [-0.4, -0.2) is 26.2 Å². The van der Waals surface area contributed by atoms with E-state index >= 15 is 0 Å². The van der Waals surface area contributed by atoms with E-state index < -0.39 is 29.4 Å². The Balaban J connectivity index is 1.85. The smallest absolute Gasteiger partial charge is 0.344 e. The Kier molecular flexibility index (Phi) is 4.68. The first kappa shape index (κ1) is 19.6. The molecule has 3 aromatic rings. The SMILES string of the molecule is C=CC1COC(c2nsc3ccc(-n4c(=O)cc(C(F)(F)F)n(C)c4=O)cc23)O1. The third-order valence-electron chi connectivity index (χ3n) is 4.55. The molecule has 1 aliphatic heterocycles. The van der Waals surface area contributed by atoms with Gasteiger partial charge in [-0.05, 0) is 29.7 Å². The summed E-state index contributed by atoms with van der Waals surface area (Å²) in [5.74, 6) is 0. The fraction of sp³-hybridized carbons (Fsp3) is 0.278. The van der Waals surface area contributed by atoms with E-state index in [4.69, 9.17) is 9.47 Å². The van der Waals surface area contributed by atoms with Gasteiger partial charge in [-0.15, -0.1) is 6.58 Å². The Labute approximate surface area is 165 Å². The standard InChI is InChI=1S/C18H14F3N3O4S/c1-3-10-8-27-16(28-10)15-11-6-9(4-5-12(11)29-22-15)24-14(25)7-13(18(19,20)21)23(2)17(24)26/h3-7,10,16H,1,8H2,2H3. The first-order valence-corrected chi connectivity index (χ1v) is 9.17. The average Bonchev–Trinajstić information content (AvgIpc) is 3.30. The van der Waals surface area contributed by atoms with Crippen molar-refractivity contribution in [2.24, 2.45) is 7.05 Å². The maximum atomic E-state index is 13.0. The molecule has 0 radical (unpaired) electrons. The van der Waals surface area contributed by atoms with E-state index in [1.165, 1.54) is 23.7 Å². The molecule has 0 spiro atoms. The lowest BCUT2D eigenvalue weighted by Gasteiger charge is -2.14. The molecule has 2 unspecified atom stereocenters. The van der Waals surface area contributed by atoms with Crippen LogP contribution in [0.1, 0.15) is 17.7 Å². The number of rotatable bonds is 3. The second-order valence-electron chi connectivity index (χ2n) is 6.37. The minimum absolute atomic E-state index is 0.122. The Morgan fingerprint density at radius 1 is 1.31 bits per heavy atom. The fourth-order valence-electron chi connectivity index (χ4n) is 3.08. The molecule has 0 N–H and O–H groups in total. The van der Waals surface area contributed by atoms with E-state index in [9.17, 15) is 22.8 Å². The van der Waals surface area contributed by atoms with Crippen LogP contribution in [0.5, 0.6) is 0 Å². The molecular formula is C18H14F3N3O4S. The molecule has 0 saturated carbocycles. The third kappa shape index (κ3) is 3.30. The van der Waals surface area contributed by atoms with E-state index in [-0.39, 0.29) is 11.8 Å². The highest BCUT2D eigenvalue weighted by Crippen LogP contribution is 2.34. The molecule has 152 valence electrons. The first-order valence-electron chi connectivity index (χ1n) is 8.40. The van der Waals surface area contributed by atoms with Crippen molar-refractivity contribution >= 4 is 21.6 Å². The molecule has 1 aliphatic rings. The van der Waals surface area contributed by atoms with Crippen LogP contribution in [0.4, 0.5) is 13.2 Å². The number of nitrogens with zero attached hydrogens (tertiary/aromatic N) is 3. The lowest BCUT2D eigenvalue weighted by atomic mass is 10.2. The van der Waals surface area contributed by atoms with Crippen LogP contribution in [0, 0.1) is 0 Å². The number of halogens is 3. The van der Waals surface area contributed by atoms with Gasteiger partial charge in [-0.2, -0.15) is 17.5 Å². The summed E-state index contributed by atoms with van der Waals surface area (Å²) in [6, 6.07) is 5.02. The van der Waals surface area contributed by atoms with Crippen LogP contribution in [0.15, 0.2) is 46.5 Å². The van der Waals surface area contributed by atoms with Gasteiger partial charge in [0, 0.05) is 18.5 Å². The van der Waals surface area contributed by atoms with E-state index in [2.05, 4.69) is 11.0 Å². The quantitative estimate of drug-likeness (QED) is 0.604. The predicted octanol–water partition coefficient (Wildman–Crippen LogP) is 2.76. The fourth-order valence-corrected chi connectivity index (χ4v) is 3.85. The van der Waals surface area contributed by atoms with Gasteiger partial charge < -0.3 is 9.47 Å². The topological polar surface area (TPSA) is 75.4 Å². The molecule has 2 aromatic heterocycles. The highest BCUT2D eigenvalue weighted by Gasteiger charge is 2.35.